The normalized spacial score (nSPS) is 19.9. The smallest absolute Gasteiger partial charge is 0.232 e. The molecule has 2 aliphatic rings. The molecule has 26 heavy (non-hydrogen) atoms. The Morgan fingerprint density at radius 2 is 2.12 bits per heavy atom. The second kappa shape index (κ2) is 8.39. The SMILES string of the molecule is CCNC(=NCC1(O)CCC1)N1CCN(c2ncc(Br)c(OC)n2)CC1. The van der Waals surface area contributed by atoms with E-state index in [0.29, 0.717) is 18.4 Å². The molecule has 3 rings (SSSR count). The standard InChI is InChI=1S/C17H27BrN6O2/c1-3-19-15(21-12-17(25)5-4-6-17)23-7-9-24(10-8-23)16-20-11-13(18)14(22-16)26-2/h11,25H,3-10,12H2,1-2H3,(H,19,21). The predicted octanol–water partition coefficient (Wildman–Crippen LogP) is 1.25. The van der Waals surface area contributed by atoms with Crippen LogP contribution in [0.5, 0.6) is 5.88 Å². The maximum atomic E-state index is 10.3. The van der Waals surface area contributed by atoms with Gasteiger partial charge in [0.25, 0.3) is 0 Å². The first kappa shape index (κ1) is 19.2. The molecule has 144 valence electrons. The van der Waals surface area contributed by atoms with Crippen LogP contribution in [-0.2, 0) is 0 Å². The molecule has 9 heteroatoms. The van der Waals surface area contributed by atoms with Crippen LogP contribution in [0, 0.1) is 0 Å². The zero-order valence-electron chi connectivity index (χ0n) is 15.4. The fourth-order valence-electron chi connectivity index (χ4n) is 3.15. The van der Waals surface area contributed by atoms with Crippen molar-refractivity contribution in [2.24, 2.45) is 4.99 Å². The number of aliphatic hydroxyl groups is 1. The summed E-state index contributed by atoms with van der Waals surface area (Å²) in [5.41, 5.74) is -0.593. The Balaban J connectivity index is 1.61. The first-order valence-electron chi connectivity index (χ1n) is 9.12. The topological polar surface area (TPSA) is 86.1 Å². The van der Waals surface area contributed by atoms with Crippen LogP contribution >= 0.6 is 15.9 Å². The van der Waals surface area contributed by atoms with Gasteiger partial charge in [-0.25, -0.2) is 4.98 Å². The summed E-state index contributed by atoms with van der Waals surface area (Å²) < 4.78 is 6.01. The average molecular weight is 427 g/mol. The van der Waals surface area contributed by atoms with Gasteiger partial charge in [0.1, 0.15) is 0 Å². The number of anilines is 1. The Morgan fingerprint density at radius 3 is 2.69 bits per heavy atom. The second-order valence-corrected chi connectivity index (χ2v) is 7.60. The quantitative estimate of drug-likeness (QED) is 0.541. The average Bonchev–Trinajstić information content (AvgIpc) is 2.64. The van der Waals surface area contributed by atoms with E-state index in [-0.39, 0.29) is 0 Å². The molecule has 0 amide bonds. The third-order valence-corrected chi connectivity index (χ3v) is 5.44. The van der Waals surface area contributed by atoms with E-state index in [9.17, 15) is 5.11 Å². The highest BCUT2D eigenvalue weighted by molar-refractivity contribution is 9.10. The van der Waals surface area contributed by atoms with E-state index in [2.05, 4.69) is 52.9 Å². The molecule has 1 aliphatic heterocycles. The maximum absolute atomic E-state index is 10.3. The van der Waals surface area contributed by atoms with Crippen molar-refractivity contribution in [2.75, 3.05) is 51.3 Å². The van der Waals surface area contributed by atoms with Crippen LogP contribution in [0.3, 0.4) is 0 Å². The zero-order valence-corrected chi connectivity index (χ0v) is 17.0. The van der Waals surface area contributed by atoms with Gasteiger partial charge in [-0.05, 0) is 42.1 Å². The van der Waals surface area contributed by atoms with Gasteiger partial charge in [0, 0.05) is 32.7 Å². The summed E-state index contributed by atoms with van der Waals surface area (Å²) in [5, 5.41) is 13.6. The second-order valence-electron chi connectivity index (χ2n) is 6.75. The number of rotatable bonds is 5. The Kier molecular flexibility index (Phi) is 6.18. The van der Waals surface area contributed by atoms with Gasteiger partial charge in [0.2, 0.25) is 11.8 Å². The minimum Gasteiger partial charge on any atom is -0.480 e. The van der Waals surface area contributed by atoms with Crippen LogP contribution in [0.4, 0.5) is 5.95 Å². The molecular weight excluding hydrogens is 400 g/mol. The molecule has 8 nitrogen and oxygen atoms in total. The molecule has 2 N–H and O–H groups in total. The molecule has 1 saturated heterocycles. The summed E-state index contributed by atoms with van der Waals surface area (Å²) in [6, 6.07) is 0. The first-order chi connectivity index (χ1) is 12.5. The molecule has 2 heterocycles. The lowest BCUT2D eigenvalue weighted by molar-refractivity contribution is -0.0237. The molecule has 1 aliphatic carbocycles. The van der Waals surface area contributed by atoms with Gasteiger partial charge >= 0.3 is 0 Å². The van der Waals surface area contributed by atoms with E-state index < -0.39 is 5.60 Å². The number of guanidine groups is 1. The highest BCUT2D eigenvalue weighted by atomic mass is 79.9. The molecule has 0 atom stereocenters. The highest BCUT2D eigenvalue weighted by Gasteiger charge is 2.34. The molecule has 1 saturated carbocycles. The number of hydrogen-bond donors (Lipinski definition) is 2. The number of nitrogens with one attached hydrogen (secondary N) is 1. The number of methoxy groups -OCH3 is 1. The molecule has 0 bridgehead atoms. The lowest BCUT2D eigenvalue weighted by atomic mass is 9.80. The van der Waals surface area contributed by atoms with E-state index in [1.807, 2.05) is 0 Å². The van der Waals surface area contributed by atoms with Crippen molar-refractivity contribution in [3.8, 4) is 5.88 Å². The lowest BCUT2D eigenvalue weighted by Gasteiger charge is -2.38. The Hall–Kier alpha value is -1.61. The van der Waals surface area contributed by atoms with Crippen molar-refractivity contribution in [1.29, 1.82) is 0 Å². The Labute approximate surface area is 162 Å². The molecule has 1 aromatic rings. The Morgan fingerprint density at radius 1 is 1.38 bits per heavy atom. The molecule has 2 fully saturated rings. The minimum absolute atomic E-state index is 0.475. The number of piperazine rings is 1. The van der Waals surface area contributed by atoms with E-state index in [1.165, 1.54) is 0 Å². The first-order valence-corrected chi connectivity index (χ1v) is 9.91. The van der Waals surface area contributed by atoms with Gasteiger partial charge in [-0.1, -0.05) is 0 Å². The van der Waals surface area contributed by atoms with Crippen molar-refractivity contribution in [3.05, 3.63) is 10.7 Å². The predicted molar refractivity (Wildman–Crippen MR) is 105 cm³/mol. The largest absolute Gasteiger partial charge is 0.480 e. The lowest BCUT2D eigenvalue weighted by Crippen LogP contribution is -2.53. The number of nitrogens with zero attached hydrogens (tertiary/aromatic N) is 5. The van der Waals surface area contributed by atoms with Gasteiger partial charge in [0.05, 0.1) is 29.9 Å². The summed E-state index contributed by atoms with van der Waals surface area (Å²) in [4.78, 5) is 17.9. The monoisotopic (exact) mass is 426 g/mol. The summed E-state index contributed by atoms with van der Waals surface area (Å²) in [6.45, 7) is 6.61. The van der Waals surface area contributed by atoms with E-state index >= 15 is 0 Å². The van der Waals surface area contributed by atoms with E-state index in [4.69, 9.17) is 4.74 Å². The number of hydrogen-bond acceptors (Lipinski definition) is 6. The number of halogens is 1. The van der Waals surface area contributed by atoms with Crippen molar-refractivity contribution >= 4 is 27.8 Å². The van der Waals surface area contributed by atoms with Crippen LogP contribution in [-0.4, -0.2) is 77.9 Å². The van der Waals surface area contributed by atoms with Gasteiger partial charge in [0.15, 0.2) is 5.96 Å². The van der Waals surface area contributed by atoms with Gasteiger partial charge in [-0.15, -0.1) is 0 Å². The number of aliphatic imine (C=N–C) groups is 1. The van der Waals surface area contributed by atoms with Gasteiger partial charge < -0.3 is 25.0 Å². The molecule has 0 aromatic carbocycles. The van der Waals surface area contributed by atoms with Gasteiger partial charge in [-0.2, -0.15) is 4.98 Å². The van der Waals surface area contributed by atoms with Crippen LogP contribution in [0.1, 0.15) is 26.2 Å². The summed E-state index contributed by atoms with van der Waals surface area (Å²) >= 11 is 3.38. The van der Waals surface area contributed by atoms with Gasteiger partial charge in [-0.3, -0.25) is 4.99 Å². The van der Waals surface area contributed by atoms with Crippen LogP contribution in [0.2, 0.25) is 0 Å². The fourth-order valence-corrected chi connectivity index (χ4v) is 3.50. The van der Waals surface area contributed by atoms with Crippen LogP contribution < -0.4 is 15.0 Å². The van der Waals surface area contributed by atoms with E-state index in [0.717, 1.165) is 62.4 Å². The Bertz CT molecular complexity index is 644. The molecule has 0 radical (unpaired) electrons. The van der Waals surface area contributed by atoms with E-state index in [1.54, 1.807) is 13.3 Å². The number of aromatic nitrogens is 2. The summed E-state index contributed by atoms with van der Waals surface area (Å²) in [5.74, 6) is 2.10. The third-order valence-electron chi connectivity index (χ3n) is 4.90. The molecule has 1 aromatic heterocycles. The third kappa shape index (κ3) is 4.37. The zero-order chi connectivity index (χ0) is 18.6. The van der Waals surface area contributed by atoms with Crippen molar-refractivity contribution in [3.63, 3.8) is 0 Å². The highest BCUT2D eigenvalue weighted by Crippen LogP contribution is 2.31. The molecule has 0 unspecified atom stereocenters. The van der Waals surface area contributed by atoms with Crippen molar-refractivity contribution < 1.29 is 9.84 Å². The van der Waals surface area contributed by atoms with Crippen molar-refractivity contribution in [1.82, 2.24) is 20.2 Å². The summed E-state index contributed by atoms with van der Waals surface area (Å²) in [7, 11) is 1.60. The van der Waals surface area contributed by atoms with Crippen LogP contribution in [0.15, 0.2) is 15.7 Å². The fraction of sp³-hybridized carbons (Fsp3) is 0.706. The summed E-state index contributed by atoms with van der Waals surface area (Å²) in [6.07, 6.45) is 4.52. The van der Waals surface area contributed by atoms with Crippen LogP contribution in [0.25, 0.3) is 0 Å². The maximum Gasteiger partial charge on any atom is 0.232 e. The molecule has 0 spiro atoms. The molecular formula is C17H27BrN6O2. The number of ether oxygens (including phenoxy) is 1. The van der Waals surface area contributed by atoms with Crippen molar-refractivity contribution in [2.45, 2.75) is 31.8 Å². The minimum atomic E-state index is -0.593.